The minimum absolute atomic E-state index is 0.0118. The van der Waals surface area contributed by atoms with Crippen LogP contribution < -0.4 is 0 Å². The number of nitrogens with one attached hydrogen (secondary N) is 1. The minimum Gasteiger partial charge on any atom is -0.463 e. The third-order valence-corrected chi connectivity index (χ3v) is 3.25. The van der Waals surface area contributed by atoms with Crippen LogP contribution in [-0.2, 0) is 6.18 Å². The molecule has 0 radical (unpaired) electrons. The number of furan rings is 1. The van der Waals surface area contributed by atoms with Gasteiger partial charge in [-0.2, -0.15) is 18.4 Å². The minimum atomic E-state index is -4.76. The van der Waals surface area contributed by atoms with Gasteiger partial charge in [-0.15, -0.1) is 0 Å². The molecule has 3 rings (SSSR count). The van der Waals surface area contributed by atoms with Gasteiger partial charge in [0.05, 0.1) is 28.0 Å². The van der Waals surface area contributed by atoms with Crippen molar-refractivity contribution in [1.29, 1.82) is 5.26 Å². The number of fused-ring (bicyclic) bond motifs is 1. The average molecular weight is 312 g/mol. The highest BCUT2D eigenvalue weighted by atomic mass is 35.5. The second-order valence-electron chi connectivity index (χ2n) is 4.18. The molecule has 3 heterocycles. The Balaban J connectivity index is 2.32. The summed E-state index contributed by atoms with van der Waals surface area (Å²) in [5, 5.41) is 8.59. The lowest BCUT2D eigenvalue weighted by Crippen LogP contribution is -2.11. The zero-order valence-electron chi connectivity index (χ0n) is 10.1. The molecule has 0 aliphatic heterocycles. The van der Waals surface area contributed by atoms with Gasteiger partial charge in [-0.3, -0.25) is 0 Å². The van der Waals surface area contributed by atoms with Crippen molar-refractivity contribution in [1.82, 2.24) is 9.97 Å². The van der Waals surface area contributed by atoms with E-state index in [0.29, 0.717) is 11.5 Å². The molecule has 0 aliphatic carbocycles. The van der Waals surface area contributed by atoms with E-state index >= 15 is 0 Å². The van der Waals surface area contributed by atoms with Gasteiger partial charge in [0.25, 0.3) is 0 Å². The molecule has 4 nitrogen and oxygen atoms in total. The van der Waals surface area contributed by atoms with Gasteiger partial charge in [-0.1, -0.05) is 11.6 Å². The van der Waals surface area contributed by atoms with Crippen LogP contribution in [0.3, 0.4) is 0 Å². The summed E-state index contributed by atoms with van der Waals surface area (Å²) in [6, 6.07) is 6.10. The lowest BCUT2D eigenvalue weighted by Gasteiger charge is -2.09. The summed E-state index contributed by atoms with van der Waals surface area (Å²) in [5.41, 5.74) is -1.41. The first-order chi connectivity index (χ1) is 9.91. The highest BCUT2D eigenvalue weighted by molar-refractivity contribution is 6.36. The van der Waals surface area contributed by atoms with Crippen LogP contribution in [0, 0.1) is 11.3 Å². The number of aromatic nitrogens is 2. The first kappa shape index (κ1) is 13.5. The van der Waals surface area contributed by atoms with E-state index in [2.05, 4.69) is 9.97 Å². The van der Waals surface area contributed by atoms with Crippen LogP contribution in [0.15, 0.2) is 28.9 Å². The number of nitrogens with zero attached hydrogens (tertiary/aromatic N) is 2. The number of hydrogen-bond acceptors (Lipinski definition) is 3. The second-order valence-corrected chi connectivity index (χ2v) is 4.56. The molecule has 0 aromatic carbocycles. The van der Waals surface area contributed by atoms with Crippen molar-refractivity contribution in [2.45, 2.75) is 6.18 Å². The normalized spacial score (nSPS) is 11.8. The third-order valence-electron chi connectivity index (χ3n) is 2.87. The zero-order valence-corrected chi connectivity index (χ0v) is 10.9. The summed E-state index contributed by atoms with van der Waals surface area (Å²) in [4.78, 5) is 6.32. The van der Waals surface area contributed by atoms with E-state index in [1.54, 1.807) is 12.1 Å². The number of pyridine rings is 1. The highest BCUT2D eigenvalue weighted by Gasteiger charge is 2.37. The zero-order chi connectivity index (χ0) is 15.2. The van der Waals surface area contributed by atoms with Crippen LogP contribution in [0.25, 0.3) is 22.5 Å². The molecule has 0 spiro atoms. The third kappa shape index (κ3) is 2.14. The van der Waals surface area contributed by atoms with Crippen molar-refractivity contribution in [3.05, 3.63) is 40.7 Å². The standard InChI is InChI=1S/C13H5ClF3N3O/c14-10-6(5-18)12(13(15,16)17)20-8-4-7(19-11(8)10)9-2-1-3-21-9/h1-4,19H. The van der Waals surface area contributed by atoms with Crippen molar-refractivity contribution in [3.63, 3.8) is 0 Å². The van der Waals surface area contributed by atoms with Gasteiger partial charge in [0, 0.05) is 0 Å². The first-order valence-corrected chi connectivity index (χ1v) is 6.03. The molecule has 3 aromatic heterocycles. The predicted molar refractivity (Wildman–Crippen MR) is 68.5 cm³/mol. The number of nitriles is 1. The Bertz CT molecular complexity index is 860. The average Bonchev–Trinajstić information content (AvgIpc) is 3.06. The van der Waals surface area contributed by atoms with E-state index in [1.807, 2.05) is 0 Å². The molecule has 0 bridgehead atoms. The van der Waals surface area contributed by atoms with Crippen molar-refractivity contribution in [2.75, 3.05) is 0 Å². The summed E-state index contributed by atoms with van der Waals surface area (Å²) in [7, 11) is 0. The maximum atomic E-state index is 12.9. The molecule has 0 amide bonds. The number of H-pyrrole nitrogens is 1. The summed E-state index contributed by atoms with van der Waals surface area (Å²) >= 11 is 5.90. The number of halogens is 4. The number of aromatic amines is 1. The fraction of sp³-hybridized carbons (Fsp3) is 0.0769. The predicted octanol–water partition coefficient (Wildman–Crippen LogP) is 4.37. The molecule has 8 heteroatoms. The summed E-state index contributed by atoms with van der Waals surface area (Å²) in [6.07, 6.45) is -3.33. The molecule has 106 valence electrons. The summed E-state index contributed by atoms with van der Waals surface area (Å²) in [5.74, 6) is 0.427. The highest BCUT2D eigenvalue weighted by Crippen LogP contribution is 2.37. The largest absolute Gasteiger partial charge is 0.463 e. The maximum Gasteiger partial charge on any atom is 0.434 e. The topological polar surface area (TPSA) is 65.6 Å². The molecule has 1 N–H and O–H groups in total. The van der Waals surface area contributed by atoms with Crippen LogP contribution in [0.4, 0.5) is 13.2 Å². The van der Waals surface area contributed by atoms with Gasteiger partial charge >= 0.3 is 6.18 Å². The van der Waals surface area contributed by atoms with Crippen molar-refractivity contribution in [3.8, 4) is 17.5 Å². The fourth-order valence-corrected chi connectivity index (χ4v) is 2.25. The van der Waals surface area contributed by atoms with E-state index in [-0.39, 0.29) is 16.1 Å². The van der Waals surface area contributed by atoms with Gasteiger partial charge < -0.3 is 9.40 Å². The number of hydrogen-bond donors (Lipinski definition) is 1. The summed E-state index contributed by atoms with van der Waals surface area (Å²) < 4.78 is 43.9. The van der Waals surface area contributed by atoms with Crippen LogP contribution >= 0.6 is 11.6 Å². The molecule has 0 unspecified atom stereocenters. The SMILES string of the molecule is N#Cc1c(C(F)(F)F)nc2cc(-c3ccco3)[nH]c2c1Cl. The van der Waals surface area contributed by atoms with E-state index in [1.165, 1.54) is 18.4 Å². The molecular formula is C13H5ClF3N3O. The molecule has 0 saturated carbocycles. The Hall–Kier alpha value is -2.46. The van der Waals surface area contributed by atoms with Crippen molar-refractivity contribution < 1.29 is 17.6 Å². The molecule has 0 atom stereocenters. The molecule has 21 heavy (non-hydrogen) atoms. The maximum absolute atomic E-state index is 12.9. The van der Waals surface area contributed by atoms with E-state index in [4.69, 9.17) is 21.3 Å². The van der Waals surface area contributed by atoms with Crippen LogP contribution in [0.1, 0.15) is 11.3 Å². The van der Waals surface area contributed by atoms with E-state index in [9.17, 15) is 13.2 Å². The van der Waals surface area contributed by atoms with E-state index in [0.717, 1.165) is 0 Å². The van der Waals surface area contributed by atoms with Gasteiger partial charge in [0.1, 0.15) is 17.4 Å². The fourth-order valence-electron chi connectivity index (χ4n) is 1.98. The van der Waals surface area contributed by atoms with Crippen LogP contribution in [0.5, 0.6) is 0 Å². The van der Waals surface area contributed by atoms with Gasteiger partial charge in [0.2, 0.25) is 0 Å². The lowest BCUT2D eigenvalue weighted by molar-refractivity contribution is -0.141. The van der Waals surface area contributed by atoms with E-state index < -0.39 is 17.4 Å². The second kappa shape index (κ2) is 4.53. The number of rotatable bonds is 1. The Kier molecular flexibility index (Phi) is 2.92. The molecule has 0 aliphatic rings. The van der Waals surface area contributed by atoms with Gasteiger partial charge in [-0.25, -0.2) is 4.98 Å². The summed E-state index contributed by atoms with van der Waals surface area (Å²) in [6.45, 7) is 0. The van der Waals surface area contributed by atoms with Gasteiger partial charge in [0.15, 0.2) is 5.69 Å². The Labute approximate surface area is 120 Å². The Morgan fingerprint density at radius 1 is 1.38 bits per heavy atom. The smallest absolute Gasteiger partial charge is 0.434 e. The quantitative estimate of drug-likeness (QED) is 0.726. The first-order valence-electron chi connectivity index (χ1n) is 5.65. The molecule has 3 aromatic rings. The Morgan fingerprint density at radius 3 is 2.71 bits per heavy atom. The number of alkyl halides is 3. The molecule has 0 fully saturated rings. The van der Waals surface area contributed by atoms with Crippen molar-refractivity contribution in [2.24, 2.45) is 0 Å². The van der Waals surface area contributed by atoms with Crippen molar-refractivity contribution >= 4 is 22.6 Å². The Morgan fingerprint density at radius 2 is 2.14 bits per heavy atom. The lowest BCUT2D eigenvalue weighted by atomic mass is 10.2. The molecule has 0 saturated heterocycles. The van der Waals surface area contributed by atoms with Crippen LogP contribution in [-0.4, -0.2) is 9.97 Å². The molecular weight excluding hydrogens is 307 g/mol. The van der Waals surface area contributed by atoms with Crippen LogP contribution in [0.2, 0.25) is 5.02 Å². The monoisotopic (exact) mass is 311 g/mol. The van der Waals surface area contributed by atoms with Gasteiger partial charge in [-0.05, 0) is 18.2 Å².